The van der Waals surface area contributed by atoms with Crippen LogP contribution in [0, 0.1) is 12.8 Å². The zero-order valence-electron chi connectivity index (χ0n) is 23.7. The number of aryl methyl sites for hydroxylation is 1. The number of benzene rings is 3. The van der Waals surface area contributed by atoms with E-state index in [2.05, 4.69) is 10.3 Å². The van der Waals surface area contributed by atoms with Gasteiger partial charge in [-0.15, -0.1) is 0 Å². The fourth-order valence-electron chi connectivity index (χ4n) is 5.41. The van der Waals surface area contributed by atoms with Crippen molar-refractivity contribution in [2.24, 2.45) is 5.92 Å². The zero-order chi connectivity index (χ0) is 31.0. The lowest BCUT2D eigenvalue weighted by Crippen LogP contribution is -2.32. The molecular formula is C32H27N3O7S2. The van der Waals surface area contributed by atoms with E-state index in [4.69, 9.17) is 9.47 Å². The number of carbonyl (C=O) groups excluding carboxylic acids is 4. The van der Waals surface area contributed by atoms with Gasteiger partial charge in [-0.1, -0.05) is 53.4 Å². The standard InChI is InChI=1S/C32H27N3O7S2/c1-3-41-31(39)19-8-12-20(13-9-19)35-29(37)25-24(26-28(34-32(40)44-26)43-27(25)30(35)38)18-10-14-21(15-11-18)42-16-23(36)33-22-7-5-4-6-17(22)2/h4-15,24-25,27H,3,16H2,1-2H3,(H,33,36)(H,34,40). The molecule has 2 aliphatic heterocycles. The van der Waals surface area contributed by atoms with Crippen LogP contribution in [0.15, 0.2) is 82.6 Å². The molecule has 6 rings (SSSR count). The Hall–Kier alpha value is -4.68. The van der Waals surface area contributed by atoms with Gasteiger partial charge in [0.2, 0.25) is 11.8 Å². The summed E-state index contributed by atoms with van der Waals surface area (Å²) in [6.07, 6.45) is 0. The molecule has 0 radical (unpaired) electrons. The van der Waals surface area contributed by atoms with Gasteiger partial charge in [-0.3, -0.25) is 19.2 Å². The highest BCUT2D eigenvalue weighted by atomic mass is 32.2. The van der Waals surface area contributed by atoms with Crippen molar-refractivity contribution in [3.63, 3.8) is 0 Å². The number of fused-ring (bicyclic) bond motifs is 2. The Labute approximate surface area is 260 Å². The van der Waals surface area contributed by atoms with Crippen LogP contribution in [0.1, 0.15) is 39.2 Å². The third-order valence-electron chi connectivity index (χ3n) is 7.49. The number of hydrogen-bond donors (Lipinski definition) is 2. The van der Waals surface area contributed by atoms with Gasteiger partial charge in [-0.25, -0.2) is 9.69 Å². The molecule has 224 valence electrons. The highest BCUT2D eigenvalue weighted by Gasteiger charge is 2.56. The van der Waals surface area contributed by atoms with E-state index in [1.165, 1.54) is 23.9 Å². The molecule has 1 saturated heterocycles. The number of thioether (sulfide) groups is 1. The number of nitrogens with zero attached hydrogens (tertiary/aromatic N) is 1. The number of carbonyl (C=O) groups is 4. The fourth-order valence-corrected chi connectivity index (χ4v) is 7.93. The summed E-state index contributed by atoms with van der Waals surface area (Å²) in [6, 6.07) is 20.6. The summed E-state index contributed by atoms with van der Waals surface area (Å²) in [5, 5.41) is 2.64. The Kier molecular flexibility index (Phi) is 8.11. The van der Waals surface area contributed by atoms with Gasteiger partial charge < -0.3 is 19.8 Å². The molecule has 3 unspecified atom stereocenters. The first-order chi connectivity index (χ1) is 21.2. The number of para-hydroxylation sites is 1. The van der Waals surface area contributed by atoms with Crippen LogP contribution in [-0.2, 0) is 19.1 Å². The first-order valence-electron chi connectivity index (χ1n) is 13.9. The lowest BCUT2D eigenvalue weighted by Gasteiger charge is -2.29. The smallest absolute Gasteiger partial charge is 0.338 e. The number of nitrogens with one attached hydrogen (secondary N) is 2. The number of aromatic nitrogens is 1. The van der Waals surface area contributed by atoms with Gasteiger partial charge in [0.05, 0.1) is 28.8 Å². The average Bonchev–Trinajstić information content (AvgIpc) is 3.51. The maximum atomic E-state index is 13.9. The number of amides is 3. The van der Waals surface area contributed by atoms with Crippen LogP contribution in [-0.4, -0.2) is 47.1 Å². The van der Waals surface area contributed by atoms with Crippen molar-refractivity contribution < 1.29 is 28.7 Å². The molecule has 0 saturated carbocycles. The Morgan fingerprint density at radius 1 is 0.955 bits per heavy atom. The third kappa shape index (κ3) is 5.53. The number of aromatic amines is 1. The molecule has 0 bridgehead atoms. The summed E-state index contributed by atoms with van der Waals surface area (Å²) in [6.45, 7) is 3.65. The van der Waals surface area contributed by atoms with E-state index in [1.54, 1.807) is 43.3 Å². The van der Waals surface area contributed by atoms with E-state index in [1.807, 2.05) is 31.2 Å². The van der Waals surface area contributed by atoms with Crippen molar-refractivity contribution in [2.75, 3.05) is 23.4 Å². The van der Waals surface area contributed by atoms with Crippen LogP contribution in [0.5, 0.6) is 5.75 Å². The molecule has 3 heterocycles. The van der Waals surface area contributed by atoms with Gasteiger partial charge in [-0.05, 0) is 67.4 Å². The quantitative estimate of drug-likeness (QED) is 0.211. The number of anilines is 2. The summed E-state index contributed by atoms with van der Waals surface area (Å²) >= 11 is 2.21. The number of ether oxygens (including phenoxy) is 2. The van der Waals surface area contributed by atoms with Crippen LogP contribution < -0.4 is 19.8 Å². The normalized spacial score (nSPS) is 18.9. The number of thiazole rings is 1. The highest BCUT2D eigenvalue weighted by Crippen LogP contribution is 2.53. The van der Waals surface area contributed by atoms with Crippen molar-refractivity contribution in [1.29, 1.82) is 0 Å². The van der Waals surface area contributed by atoms with Crippen molar-refractivity contribution >= 4 is 58.2 Å². The molecule has 3 atom stereocenters. The van der Waals surface area contributed by atoms with E-state index in [9.17, 15) is 24.0 Å². The lowest BCUT2D eigenvalue weighted by molar-refractivity contribution is -0.122. The largest absolute Gasteiger partial charge is 0.484 e. The van der Waals surface area contributed by atoms with Crippen LogP contribution >= 0.6 is 23.1 Å². The van der Waals surface area contributed by atoms with Gasteiger partial charge in [0.25, 0.3) is 5.91 Å². The fraction of sp³-hybridized carbons (Fsp3) is 0.219. The molecule has 1 aromatic heterocycles. The van der Waals surface area contributed by atoms with Gasteiger partial charge in [0.15, 0.2) is 6.61 Å². The van der Waals surface area contributed by atoms with E-state index < -0.39 is 29.0 Å². The average molecular weight is 630 g/mol. The first-order valence-corrected chi connectivity index (χ1v) is 15.6. The van der Waals surface area contributed by atoms with E-state index in [-0.39, 0.29) is 29.9 Å². The van der Waals surface area contributed by atoms with Gasteiger partial charge in [0, 0.05) is 16.5 Å². The Morgan fingerprint density at radius 3 is 2.39 bits per heavy atom. The summed E-state index contributed by atoms with van der Waals surface area (Å²) in [4.78, 5) is 68.9. The molecule has 3 aromatic carbocycles. The van der Waals surface area contributed by atoms with Gasteiger partial charge in [0.1, 0.15) is 11.0 Å². The number of rotatable bonds is 8. The monoisotopic (exact) mass is 629 g/mol. The number of H-pyrrole nitrogens is 1. The minimum Gasteiger partial charge on any atom is -0.484 e. The molecule has 1 fully saturated rings. The van der Waals surface area contributed by atoms with Crippen molar-refractivity contribution in [1.82, 2.24) is 4.98 Å². The molecule has 12 heteroatoms. The van der Waals surface area contributed by atoms with Crippen LogP contribution in [0.2, 0.25) is 0 Å². The molecular weight excluding hydrogens is 603 g/mol. The minimum atomic E-state index is -0.761. The van der Waals surface area contributed by atoms with Crippen LogP contribution in [0.25, 0.3) is 0 Å². The molecule has 3 amide bonds. The lowest BCUT2D eigenvalue weighted by atomic mass is 9.83. The van der Waals surface area contributed by atoms with Gasteiger partial charge >= 0.3 is 10.8 Å². The predicted octanol–water partition coefficient (Wildman–Crippen LogP) is 4.73. The number of hydrogen-bond acceptors (Lipinski definition) is 9. The Morgan fingerprint density at radius 2 is 1.68 bits per heavy atom. The summed E-state index contributed by atoms with van der Waals surface area (Å²) < 4.78 is 10.7. The second kappa shape index (κ2) is 12.1. The molecule has 2 aliphatic rings. The topological polar surface area (TPSA) is 135 Å². The molecule has 2 N–H and O–H groups in total. The molecule has 0 aliphatic carbocycles. The van der Waals surface area contributed by atoms with Crippen LogP contribution in [0.3, 0.4) is 0 Å². The summed E-state index contributed by atoms with van der Waals surface area (Å²) in [7, 11) is 0. The highest BCUT2D eigenvalue weighted by molar-refractivity contribution is 8.00. The van der Waals surface area contributed by atoms with E-state index in [0.717, 1.165) is 27.4 Å². The molecule has 0 spiro atoms. The number of esters is 1. The summed E-state index contributed by atoms with van der Waals surface area (Å²) in [5.74, 6) is -2.44. The van der Waals surface area contributed by atoms with Crippen molar-refractivity contribution in [3.05, 3.63) is 104 Å². The van der Waals surface area contributed by atoms with E-state index >= 15 is 0 Å². The number of imide groups is 1. The molecule has 4 aromatic rings. The Bertz CT molecular complexity index is 1810. The third-order valence-corrected chi connectivity index (χ3v) is 9.89. The maximum Gasteiger partial charge on any atom is 0.338 e. The van der Waals surface area contributed by atoms with Gasteiger partial charge in [-0.2, -0.15) is 0 Å². The second-order valence-electron chi connectivity index (χ2n) is 10.2. The predicted molar refractivity (Wildman–Crippen MR) is 167 cm³/mol. The van der Waals surface area contributed by atoms with Crippen LogP contribution in [0.4, 0.5) is 11.4 Å². The summed E-state index contributed by atoms with van der Waals surface area (Å²) in [5.41, 5.74) is 3.05. The molecule has 10 nitrogen and oxygen atoms in total. The Balaban J connectivity index is 1.23. The maximum absolute atomic E-state index is 13.9. The van der Waals surface area contributed by atoms with Crippen molar-refractivity contribution in [3.8, 4) is 5.75 Å². The second-order valence-corrected chi connectivity index (χ2v) is 12.4. The minimum absolute atomic E-state index is 0.196. The zero-order valence-corrected chi connectivity index (χ0v) is 25.3. The first kappa shape index (κ1) is 29.4. The SMILES string of the molecule is CCOC(=O)c1ccc(N2C(=O)C3Sc4[nH]c(=O)sc4C(c4ccc(OCC(=O)Nc5ccccc5C)cc4)C3C2=O)cc1. The van der Waals surface area contributed by atoms with E-state index in [0.29, 0.717) is 32.6 Å². The molecule has 44 heavy (non-hydrogen) atoms. The van der Waals surface area contributed by atoms with Crippen molar-refractivity contribution in [2.45, 2.75) is 30.0 Å².